The number of carbonyl (C=O) groups excluding carboxylic acids is 2. The highest BCUT2D eigenvalue weighted by atomic mass is 31.1. The predicted molar refractivity (Wildman–Crippen MR) is 59.7 cm³/mol. The monoisotopic (exact) mass is 283 g/mol. The number of nitrogens with one attached hydrogen (secondary N) is 2. The van der Waals surface area contributed by atoms with E-state index in [0.717, 1.165) is 0 Å². The third-order valence-corrected chi connectivity index (χ3v) is 2.15. The second-order valence-corrected chi connectivity index (χ2v) is 3.88. The second-order valence-electron chi connectivity index (χ2n) is 2.92. The second kappa shape index (κ2) is 11.0. The van der Waals surface area contributed by atoms with E-state index < -0.39 is 33.3 Å². The summed E-state index contributed by atoms with van der Waals surface area (Å²) in [6.07, 6.45) is 0. The van der Waals surface area contributed by atoms with Gasteiger partial charge in [0, 0.05) is 17.7 Å². The third-order valence-electron chi connectivity index (χ3n) is 1.47. The summed E-state index contributed by atoms with van der Waals surface area (Å²) < 4.78 is 20.1. The van der Waals surface area contributed by atoms with Crippen LogP contribution in [0.15, 0.2) is 0 Å². The van der Waals surface area contributed by atoms with Crippen LogP contribution in [-0.4, -0.2) is 61.5 Å². The highest BCUT2D eigenvalue weighted by Gasteiger charge is 2.23. The molecule has 0 aliphatic heterocycles. The standard InChI is InChI=1S/C8H15N2O7P/c11-3-1-9-7(13)5-16-18(15)17-6-8(14)10-2-4-12/h11-12H,1-6H2,(H-,9,10,13,14)/p+1. The smallest absolute Gasteiger partial charge is 0.395 e. The maximum Gasteiger partial charge on any atom is 0.698 e. The van der Waals surface area contributed by atoms with Crippen molar-refractivity contribution in [1.82, 2.24) is 10.6 Å². The van der Waals surface area contributed by atoms with Gasteiger partial charge in [-0.3, -0.25) is 9.59 Å². The van der Waals surface area contributed by atoms with Crippen LogP contribution in [0.4, 0.5) is 0 Å². The van der Waals surface area contributed by atoms with Gasteiger partial charge in [-0.25, -0.2) is 0 Å². The molecule has 9 nitrogen and oxygen atoms in total. The topological polar surface area (TPSA) is 134 Å². The fourth-order valence-electron chi connectivity index (χ4n) is 0.753. The number of hydrogen-bond donors (Lipinski definition) is 4. The predicted octanol–water partition coefficient (Wildman–Crippen LogP) is -2.11. The van der Waals surface area contributed by atoms with Gasteiger partial charge < -0.3 is 20.8 Å². The molecule has 0 radical (unpaired) electrons. The summed E-state index contributed by atoms with van der Waals surface area (Å²) in [6, 6.07) is 0. The fraction of sp³-hybridized carbons (Fsp3) is 0.750. The van der Waals surface area contributed by atoms with Gasteiger partial charge in [-0.05, 0) is 0 Å². The van der Waals surface area contributed by atoms with Gasteiger partial charge in [-0.1, -0.05) is 0 Å². The number of aliphatic hydroxyl groups is 2. The lowest BCUT2D eigenvalue weighted by atomic mass is 10.6. The maximum absolute atomic E-state index is 11.0. The molecule has 0 fully saturated rings. The Hall–Kier alpha value is -1.12. The van der Waals surface area contributed by atoms with Crippen molar-refractivity contribution in [2.24, 2.45) is 0 Å². The molecule has 0 heterocycles. The van der Waals surface area contributed by atoms with E-state index in [2.05, 4.69) is 19.7 Å². The molecule has 18 heavy (non-hydrogen) atoms. The van der Waals surface area contributed by atoms with E-state index in [9.17, 15) is 14.2 Å². The molecule has 0 saturated heterocycles. The molecule has 10 heteroatoms. The molecule has 0 aromatic rings. The number of aliphatic hydroxyl groups excluding tert-OH is 2. The number of hydrogen-bond acceptors (Lipinski definition) is 7. The summed E-state index contributed by atoms with van der Waals surface area (Å²) in [5.74, 6) is -1.11. The molecule has 0 unspecified atom stereocenters. The van der Waals surface area contributed by atoms with Crippen molar-refractivity contribution < 1.29 is 33.4 Å². The van der Waals surface area contributed by atoms with E-state index in [1.807, 2.05) is 0 Å². The van der Waals surface area contributed by atoms with E-state index >= 15 is 0 Å². The highest BCUT2D eigenvalue weighted by Crippen LogP contribution is 2.22. The Morgan fingerprint density at radius 1 is 0.944 bits per heavy atom. The van der Waals surface area contributed by atoms with Crippen molar-refractivity contribution in [2.75, 3.05) is 39.5 Å². The Labute approximate surface area is 104 Å². The van der Waals surface area contributed by atoms with Crippen molar-refractivity contribution >= 4 is 20.1 Å². The molecule has 104 valence electrons. The Morgan fingerprint density at radius 2 is 1.33 bits per heavy atom. The summed E-state index contributed by atoms with van der Waals surface area (Å²) in [5, 5.41) is 21.4. The zero-order valence-electron chi connectivity index (χ0n) is 9.63. The SMILES string of the molecule is O=C(CO[P+](=O)OCC(=O)NCCO)NCCO. The minimum atomic E-state index is -2.57. The van der Waals surface area contributed by atoms with Crippen molar-refractivity contribution in [3.05, 3.63) is 0 Å². The molecular formula is C8H16N2O7P+. The third kappa shape index (κ3) is 10.1. The largest absolute Gasteiger partial charge is 0.698 e. The molecule has 0 aliphatic rings. The summed E-state index contributed by atoms with van der Waals surface area (Å²) in [5.41, 5.74) is 0. The molecule has 0 spiro atoms. The Bertz CT molecular complexity index is 261. The summed E-state index contributed by atoms with van der Waals surface area (Å²) in [6.45, 7) is -1.26. The van der Waals surface area contributed by atoms with Gasteiger partial charge in [0.2, 0.25) is 0 Å². The quantitative estimate of drug-likeness (QED) is 0.337. The average Bonchev–Trinajstić information content (AvgIpc) is 2.37. The van der Waals surface area contributed by atoms with Crippen molar-refractivity contribution in [3.8, 4) is 0 Å². The van der Waals surface area contributed by atoms with Crippen LogP contribution in [0.1, 0.15) is 0 Å². The van der Waals surface area contributed by atoms with Gasteiger partial charge in [-0.2, -0.15) is 0 Å². The number of amides is 2. The van der Waals surface area contributed by atoms with Crippen molar-refractivity contribution in [2.45, 2.75) is 0 Å². The maximum atomic E-state index is 11.0. The van der Waals surface area contributed by atoms with Crippen LogP contribution < -0.4 is 10.6 Å². The number of rotatable bonds is 10. The zero-order valence-corrected chi connectivity index (χ0v) is 10.5. The normalized spacial score (nSPS) is 9.89. The van der Waals surface area contributed by atoms with Gasteiger partial charge >= 0.3 is 8.25 Å². The molecule has 0 atom stereocenters. The molecule has 2 amide bonds. The Kier molecular flexibility index (Phi) is 10.3. The number of carbonyl (C=O) groups is 2. The van der Waals surface area contributed by atoms with Crippen LogP contribution in [0.3, 0.4) is 0 Å². The lowest BCUT2D eigenvalue weighted by molar-refractivity contribution is -0.123. The van der Waals surface area contributed by atoms with Crippen molar-refractivity contribution in [1.29, 1.82) is 0 Å². The molecule has 0 aliphatic carbocycles. The van der Waals surface area contributed by atoms with Gasteiger partial charge in [0.15, 0.2) is 13.2 Å². The molecule has 0 rings (SSSR count). The fourth-order valence-corrected chi connectivity index (χ4v) is 1.27. The van der Waals surface area contributed by atoms with Gasteiger partial charge in [-0.15, -0.1) is 9.05 Å². The van der Waals surface area contributed by atoms with Crippen LogP contribution in [0.5, 0.6) is 0 Å². The lowest BCUT2D eigenvalue weighted by Gasteiger charge is -1.99. The van der Waals surface area contributed by atoms with E-state index in [0.29, 0.717) is 0 Å². The summed E-state index contributed by atoms with van der Waals surface area (Å²) in [4.78, 5) is 21.9. The molecule has 0 bridgehead atoms. The van der Waals surface area contributed by atoms with Gasteiger partial charge in [0.1, 0.15) is 0 Å². The van der Waals surface area contributed by atoms with E-state index in [1.54, 1.807) is 0 Å². The zero-order chi connectivity index (χ0) is 13.8. The molecule has 0 saturated carbocycles. The van der Waals surface area contributed by atoms with Crippen LogP contribution in [0, 0.1) is 0 Å². The van der Waals surface area contributed by atoms with Crippen LogP contribution in [-0.2, 0) is 23.2 Å². The average molecular weight is 283 g/mol. The Morgan fingerprint density at radius 3 is 1.67 bits per heavy atom. The molecule has 4 N–H and O–H groups in total. The van der Waals surface area contributed by atoms with E-state index in [-0.39, 0.29) is 26.3 Å². The first-order valence-corrected chi connectivity index (χ1v) is 6.18. The molecule has 0 aromatic carbocycles. The first-order valence-electron chi connectivity index (χ1n) is 5.08. The summed E-state index contributed by atoms with van der Waals surface area (Å²) in [7, 11) is -2.57. The van der Waals surface area contributed by atoms with E-state index in [4.69, 9.17) is 10.2 Å². The molecular weight excluding hydrogens is 267 g/mol. The lowest BCUT2D eigenvalue weighted by Crippen LogP contribution is -2.30. The minimum absolute atomic E-state index is 0.0728. The highest BCUT2D eigenvalue weighted by molar-refractivity contribution is 7.33. The van der Waals surface area contributed by atoms with Gasteiger partial charge in [0.05, 0.1) is 13.2 Å². The Balaban J connectivity index is 3.59. The molecule has 0 aromatic heterocycles. The summed E-state index contributed by atoms with van der Waals surface area (Å²) >= 11 is 0. The van der Waals surface area contributed by atoms with Crippen LogP contribution in [0.2, 0.25) is 0 Å². The minimum Gasteiger partial charge on any atom is -0.395 e. The van der Waals surface area contributed by atoms with Crippen LogP contribution in [0.25, 0.3) is 0 Å². The van der Waals surface area contributed by atoms with Crippen molar-refractivity contribution in [3.63, 3.8) is 0 Å². The van der Waals surface area contributed by atoms with Crippen LogP contribution >= 0.6 is 8.25 Å². The van der Waals surface area contributed by atoms with E-state index in [1.165, 1.54) is 0 Å². The first-order chi connectivity index (χ1) is 8.60. The van der Waals surface area contributed by atoms with Gasteiger partial charge in [0.25, 0.3) is 11.8 Å². The first kappa shape index (κ1) is 16.9.